The third-order valence-electron chi connectivity index (χ3n) is 4.91. The number of rotatable bonds is 7. The maximum absolute atomic E-state index is 13.5. The maximum atomic E-state index is 13.5. The SMILES string of the molecule is C=C/C=C\C=C(/C)c1nn(-c2ccccc2)c(C)c1C(=O)N(C)Cc1ccccc1. The summed E-state index contributed by atoms with van der Waals surface area (Å²) in [6.07, 6.45) is 7.43. The fraction of sp³-hybridized carbons (Fsp3) is 0.154. The van der Waals surface area contributed by atoms with Gasteiger partial charge in [-0.2, -0.15) is 5.10 Å². The Balaban J connectivity index is 2.05. The van der Waals surface area contributed by atoms with E-state index in [1.807, 2.05) is 104 Å². The smallest absolute Gasteiger partial charge is 0.258 e. The number of nitrogens with zero attached hydrogens (tertiary/aromatic N) is 3. The first-order valence-electron chi connectivity index (χ1n) is 9.93. The van der Waals surface area contributed by atoms with Gasteiger partial charge in [-0.3, -0.25) is 4.79 Å². The normalized spacial score (nSPS) is 11.6. The molecule has 1 heterocycles. The molecule has 3 rings (SSSR count). The van der Waals surface area contributed by atoms with Crippen LogP contribution in [0.1, 0.15) is 34.2 Å². The molecule has 30 heavy (non-hydrogen) atoms. The molecule has 0 atom stereocenters. The fourth-order valence-corrected chi connectivity index (χ4v) is 3.33. The van der Waals surface area contributed by atoms with Crippen LogP contribution in [0.4, 0.5) is 0 Å². The summed E-state index contributed by atoms with van der Waals surface area (Å²) >= 11 is 0. The average Bonchev–Trinajstić information content (AvgIpc) is 3.11. The van der Waals surface area contributed by atoms with Crippen LogP contribution >= 0.6 is 0 Å². The molecule has 0 saturated carbocycles. The Kier molecular flexibility index (Phi) is 6.81. The lowest BCUT2D eigenvalue weighted by Crippen LogP contribution is -2.27. The van der Waals surface area contributed by atoms with Crippen molar-refractivity contribution in [3.8, 4) is 5.69 Å². The molecule has 1 amide bonds. The van der Waals surface area contributed by atoms with Gasteiger partial charge in [-0.1, -0.05) is 79.4 Å². The van der Waals surface area contributed by atoms with Crippen molar-refractivity contribution in [1.29, 1.82) is 0 Å². The van der Waals surface area contributed by atoms with Crippen LogP contribution < -0.4 is 0 Å². The molecule has 4 heteroatoms. The molecule has 0 aliphatic rings. The van der Waals surface area contributed by atoms with Gasteiger partial charge in [-0.15, -0.1) is 0 Å². The van der Waals surface area contributed by atoms with E-state index in [9.17, 15) is 4.79 Å². The second-order valence-electron chi connectivity index (χ2n) is 7.17. The molecule has 152 valence electrons. The van der Waals surface area contributed by atoms with Crippen molar-refractivity contribution >= 4 is 11.5 Å². The second kappa shape index (κ2) is 9.70. The van der Waals surface area contributed by atoms with Crippen molar-refractivity contribution in [2.24, 2.45) is 0 Å². The monoisotopic (exact) mass is 397 g/mol. The Morgan fingerprint density at radius 3 is 2.33 bits per heavy atom. The lowest BCUT2D eigenvalue weighted by Gasteiger charge is -2.18. The average molecular weight is 398 g/mol. The van der Waals surface area contributed by atoms with Gasteiger partial charge in [0.2, 0.25) is 0 Å². The molecule has 0 aliphatic heterocycles. The fourth-order valence-electron chi connectivity index (χ4n) is 3.33. The number of aromatic nitrogens is 2. The van der Waals surface area contributed by atoms with Crippen LogP contribution in [-0.2, 0) is 6.54 Å². The molecular weight excluding hydrogens is 370 g/mol. The first kappa shape index (κ1) is 21.1. The molecule has 4 nitrogen and oxygen atoms in total. The van der Waals surface area contributed by atoms with E-state index in [4.69, 9.17) is 5.10 Å². The number of hydrogen-bond acceptors (Lipinski definition) is 2. The maximum Gasteiger partial charge on any atom is 0.258 e. The van der Waals surface area contributed by atoms with E-state index in [0.717, 1.165) is 22.5 Å². The Hall–Kier alpha value is -3.66. The highest BCUT2D eigenvalue weighted by molar-refractivity contribution is 5.99. The summed E-state index contributed by atoms with van der Waals surface area (Å²) in [6, 6.07) is 19.9. The number of carbonyl (C=O) groups is 1. The van der Waals surface area contributed by atoms with Crippen LogP contribution in [0.3, 0.4) is 0 Å². The molecular formula is C26H27N3O. The predicted molar refractivity (Wildman–Crippen MR) is 124 cm³/mol. The van der Waals surface area contributed by atoms with Crippen molar-refractivity contribution in [2.75, 3.05) is 7.05 Å². The van der Waals surface area contributed by atoms with Gasteiger partial charge in [0.05, 0.1) is 16.9 Å². The van der Waals surface area contributed by atoms with Crippen LogP contribution in [0.25, 0.3) is 11.3 Å². The van der Waals surface area contributed by atoms with Gasteiger partial charge >= 0.3 is 0 Å². The highest BCUT2D eigenvalue weighted by Crippen LogP contribution is 2.26. The minimum absolute atomic E-state index is 0.0472. The molecule has 0 fully saturated rings. The lowest BCUT2D eigenvalue weighted by molar-refractivity contribution is 0.0784. The molecule has 3 aromatic rings. The molecule has 0 N–H and O–H groups in total. The standard InChI is InChI=1S/C26H27N3O/c1-5-6-9-14-20(2)25-24(21(3)29(27-25)23-17-12-8-13-18-23)26(30)28(4)19-22-15-10-7-11-16-22/h5-18H,1,19H2,2-4H3/b9-6-,20-14+. The molecule has 0 saturated heterocycles. The molecule has 0 radical (unpaired) electrons. The summed E-state index contributed by atoms with van der Waals surface area (Å²) in [7, 11) is 1.83. The largest absolute Gasteiger partial charge is 0.337 e. The zero-order valence-electron chi connectivity index (χ0n) is 17.7. The van der Waals surface area contributed by atoms with Crippen LogP contribution in [-0.4, -0.2) is 27.6 Å². The summed E-state index contributed by atoms with van der Waals surface area (Å²) in [4.78, 5) is 15.2. The van der Waals surface area contributed by atoms with Gasteiger partial charge in [0, 0.05) is 13.6 Å². The Bertz CT molecular complexity index is 1080. The van der Waals surface area contributed by atoms with E-state index >= 15 is 0 Å². The highest BCUT2D eigenvalue weighted by Gasteiger charge is 2.25. The number of benzene rings is 2. The summed E-state index contributed by atoms with van der Waals surface area (Å²) in [5, 5.41) is 4.81. The number of hydrogen-bond donors (Lipinski definition) is 0. The van der Waals surface area contributed by atoms with Crippen molar-refractivity contribution in [3.63, 3.8) is 0 Å². The van der Waals surface area contributed by atoms with E-state index < -0.39 is 0 Å². The summed E-state index contributed by atoms with van der Waals surface area (Å²) < 4.78 is 1.84. The quantitative estimate of drug-likeness (QED) is 0.487. The van der Waals surface area contributed by atoms with Crippen LogP contribution in [0.15, 0.2) is 91.5 Å². The Labute approximate surface area is 178 Å². The van der Waals surface area contributed by atoms with E-state index in [0.29, 0.717) is 17.8 Å². The van der Waals surface area contributed by atoms with Gasteiger partial charge in [-0.05, 0) is 37.1 Å². The van der Waals surface area contributed by atoms with Crippen molar-refractivity contribution in [1.82, 2.24) is 14.7 Å². The van der Waals surface area contributed by atoms with Gasteiger partial charge in [0.15, 0.2) is 0 Å². The van der Waals surface area contributed by atoms with Gasteiger partial charge in [-0.25, -0.2) is 4.68 Å². The zero-order chi connectivity index (χ0) is 21.5. The molecule has 0 aliphatic carbocycles. The highest BCUT2D eigenvalue weighted by atomic mass is 16.2. The van der Waals surface area contributed by atoms with Gasteiger partial charge in [0.1, 0.15) is 5.69 Å². The number of carbonyl (C=O) groups excluding carboxylic acids is 1. The van der Waals surface area contributed by atoms with E-state index in [-0.39, 0.29) is 5.91 Å². The van der Waals surface area contributed by atoms with Gasteiger partial charge in [0.25, 0.3) is 5.91 Å². The van der Waals surface area contributed by atoms with Gasteiger partial charge < -0.3 is 4.90 Å². The number of amides is 1. The van der Waals surface area contributed by atoms with Crippen molar-refractivity contribution in [2.45, 2.75) is 20.4 Å². The van der Waals surface area contributed by atoms with Crippen LogP contribution in [0.5, 0.6) is 0 Å². The molecule has 0 spiro atoms. The van der Waals surface area contributed by atoms with Crippen LogP contribution in [0.2, 0.25) is 0 Å². The van der Waals surface area contributed by atoms with Crippen LogP contribution in [0, 0.1) is 6.92 Å². The van der Waals surface area contributed by atoms with Crippen molar-refractivity contribution in [3.05, 3.63) is 114 Å². The summed E-state index contributed by atoms with van der Waals surface area (Å²) in [6.45, 7) is 8.15. The lowest BCUT2D eigenvalue weighted by atomic mass is 10.1. The predicted octanol–water partition coefficient (Wildman–Crippen LogP) is 5.60. The van der Waals surface area contributed by atoms with E-state index in [1.54, 1.807) is 11.0 Å². The second-order valence-corrected chi connectivity index (χ2v) is 7.17. The Morgan fingerprint density at radius 1 is 1.07 bits per heavy atom. The van der Waals surface area contributed by atoms with E-state index in [2.05, 4.69) is 6.58 Å². The summed E-state index contributed by atoms with van der Waals surface area (Å²) in [5.74, 6) is -0.0472. The Morgan fingerprint density at radius 2 is 1.70 bits per heavy atom. The third kappa shape index (κ3) is 4.66. The minimum Gasteiger partial charge on any atom is -0.337 e. The molecule has 1 aromatic heterocycles. The number of allylic oxidation sites excluding steroid dienone is 5. The zero-order valence-corrected chi connectivity index (χ0v) is 17.7. The van der Waals surface area contributed by atoms with Crippen molar-refractivity contribution < 1.29 is 4.79 Å². The minimum atomic E-state index is -0.0472. The third-order valence-corrected chi connectivity index (χ3v) is 4.91. The van der Waals surface area contributed by atoms with E-state index in [1.165, 1.54) is 0 Å². The summed E-state index contributed by atoms with van der Waals surface area (Å²) in [5.41, 5.74) is 5.07. The molecule has 2 aromatic carbocycles. The molecule has 0 unspecified atom stereocenters. The number of para-hydroxylation sites is 1. The topological polar surface area (TPSA) is 38.1 Å². The molecule has 0 bridgehead atoms. The first-order valence-corrected chi connectivity index (χ1v) is 9.93. The first-order chi connectivity index (χ1) is 14.5.